The van der Waals surface area contributed by atoms with Gasteiger partial charge in [0.1, 0.15) is 18.5 Å². The molecule has 0 spiro atoms. The first-order chi connectivity index (χ1) is 9.51. The first-order valence-electron chi connectivity index (χ1n) is 6.57. The average molecular weight is 282 g/mol. The van der Waals surface area contributed by atoms with Gasteiger partial charge in [0.15, 0.2) is 0 Å². The average Bonchev–Trinajstić information content (AvgIpc) is 2.44. The number of hydrogen-bond donors (Lipinski definition) is 4. The molecule has 0 fully saturated rings. The standard InChI is InChI=1S/C14H22N2O4/c1-10(2)15-8-12(17)9-20-13-5-3-11(4-6-13)7-14(18)16-19/h3-6,10,12,15,17,19H,7-9H2,1-2H3,(H,16,18). The molecule has 0 aliphatic heterocycles. The fourth-order valence-electron chi connectivity index (χ4n) is 1.55. The summed E-state index contributed by atoms with van der Waals surface area (Å²) in [5.74, 6) is 0.163. The van der Waals surface area contributed by atoms with Gasteiger partial charge in [0.2, 0.25) is 5.91 Å². The lowest BCUT2D eigenvalue weighted by molar-refractivity contribution is -0.128. The van der Waals surface area contributed by atoms with E-state index in [2.05, 4.69) is 5.32 Å². The molecule has 0 radical (unpaired) electrons. The number of aliphatic hydroxyl groups is 1. The van der Waals surface area contributed by atoms with Crippen LogP contribution in [0.3, 0.4) is 0 Å². The normalized spacial score (nSPS) is 12.2. The highest BCUT2D eigenvalue weighted by atomic mass is 16.5. The van der Waals surface area contributed by atoms with Crippen LogP contribution in [0.25, 0.3) is 0 Å². The number of benzene rings is 1. The van der Waals surface area contributed by atoms with E-state index in [4.69, 9.17) is 9.94 Å². The summed E-state index contributed by atoms with van der Waals surface area (Å²) < 4.78 is 5.45. The lowest BCUT2D eigenvalue weighted by atomic mass is 10.1. The third-order valence-corrected chi connectivity index (χ3v) is 2.62. The second kappa shape index (κ2) is 8.52. The van der Waals surface area contributed by atoms with Crippen LogP contribution < -0.4 is 15.5 Å². The molecule has 0 saturated carbocycles. The summed E-state index contributed by atoms with van der Waals surface area (Å²) in [6.45, 7) is 4.70. The highest BCUT2D eigenvalue weighted by molar-refractivity contribution is 5.77. The summed E-state index contributed by atoms with van der Waals surface area (Å²) in [6.07, 6.45) is -0.463. The summed E-state index contributed by atoms with van der Waals surface area (Å²) >= 11 is 0. The number of rotatable bonds is 8. The van der Waals surface area contributed by atoms with E-state index in [-0.39, 0.29) is 13.0 Å². The molecule has 1 aromatic rings. The number of hydrogen-bond acceptors (Lipinski definition) is 5. The van der Waals surface area contributed by atoms with E-state index in [0.717, 1.165) is 5.56 Å². The van der Waals surface area contributed by atoms with Crippen LogP contribution >= 0.6 is 0 Å². The van der Waals surface area contributed by atoms with Gasteiger partial charge in [0, 0.05) is 12.6 Å². The van der Waals surface area contributed by atoms with E-state index < -0.39 is 12.0 Å². The Labute approximate surface area is 118 Å². The summed E-state index contributed by atoms with van der Waals surface area (Å²) in [6, 6.07) is 7.25. The van der Waals surface area contributed by atoms with Crippen molar-refractivity contribution < 1.29 is 19.8 Å². The molecule has 1 atom stereocenters. The maximum Gasteiger partial charge on any atom is 0.247 e. The topological polar surface area (TPSA) is 90.8 Å². The van der Waals surface area contributed by atoms with Gasteiger partial charge in [0.05, 0.1) is 6.42 Å². The Bertz CT molecular complexity index is 406. The Hall–Kier alpha value is -1.63. The van der Waals surface area contributed by atoms with Crippen molar-refractivity contribution in [1.82, 2.24) is 10.8 Å². The highest BCUT2D eigenvalue weighted by Crippen LogP contribution is 2.12. The van der Waals surface area contributed by atoms with Crippen molar-refractivity contribution in [3.63, 3.8) is 0 Å². The van der Waals surface area contributed by atoms with Crippen molar-refractivity contribution >= 4 is 5.91 Å². The lowest BCUT2D eigenvalue weighted by Gasteiger charge is -2.15. The molecule has 20 heavy (non-hydrogen) atoms. The number of ether oxygens (including phenoxy) is 1. The van der Waals surface area contributed by atoms with Crippen LogP contribution in [0, 0.1) is 0 Å². The molecule has 1 unspecified atom stereocenters. The van der Waals surface area contributed by atoms with Gasteiger partial charge >= 0.3 is 0 Å². The second-order valence-corrected chi connectivity index (χ2v) is 4.88. The quantitative estimate of drug-likeness (QED) is 0.411. The van der Waals surface area contributed by atoms with Crippen molar-refractivity contribution in [3.05, 3.63) is 29.8 Å². The van der Waals surface area contributed by atoms with E-state index in [1.54, 1.807) is 29.7 Å². The van der Waals surface area contributed by atoms with Crippen LogP contribution in [0.4, 0.5) is 0 Å². The number of aliphatic hydroxyl groups excluding tert-OH is 1. The number of nitrogens with one attached hydrogen (secondary N) is 2. The molecule has 1 aromatic carbocycles. The van der Waals surface area contributed by atoms with Crippen molar-refractivity contribution in [2.45, 2.75) is 32.4 Å². The molecule has 0 heterocycles. The minimum atomic E-state index is -0.572. The van der Waals surface area contributed by atoms with Crippen LogP contribution in [-0.2, 0) is 11.2 Å². The van der Waals surface area contributed by atoms with Crippen molar-refractivity contribution in [3.8, 4) is 5.75 Å². The zero-order chi connectivity index (χ0) is 15.0. The monoisotopic (exact) mass is 282 g/mol. The smallest absolute Gasteiger partial charge is 0.247 e. The van der Waals surface area contributed by atoms with E-state index in [1.165, 1.54) is 0 Å². The molecule has 1 rings (SSSR count). The number of hydroxylamine groups is 1. The van der Waals surface area contributed by atoms with E-state index in [0.29, 0.717) is 18.3 Å². The minimum absolute atomic E-state index is 0.109. The lowest BCUT2D eigenvalue weighted by Crippen LogP contribution is -2.35. The molecule has 4 N–H and O–H groups in total. The Morgan fingerprint density at radius 3 is 2.50 bits per heavy atom. The van der Waals surface area contributed by atoms with Gasteiger partial charge < -0.3 is 15.2 Å². The third kappa shape index (κ3) is 6.51. The Kier molecular flexibility index (Phi) is 7.00. The zero-order valence-corrected chi connectivity index (χ0v) is 11.8. The van der Waals surface area contributed by atoms with Gasteiger partial charge in [-0.3, -0.25) is 10.0 Å². The molecule has 6 heteroatoms. The van der Waals surface area contributed by atoms with Crippen molar-refractivity contribution in [2.24, 2.45) is 0 Å². The van der Waals surface area contributed by atoms with Crippen molar-refractivity contribution in [1.29, 1.82) is 0 Å². The summed E-state index contributed by atoms with van der Waals surface area (Å²) in [5.41, 5.74) is 2.35. The molecular weight excluding hydrogens is 260 g/mol. The minimum Gasteiger partial charge on any atom is -0.491 e. The molecule has 0 bridgehead atoms. The number of amides is 1. The van der Waals surface area contributed by atoms with Gasteiger partial charge in [-0.1, -0.05) is 26.0 Å². The molecule has 6 nitrogen and oxygen atoms in total. The van der Waals surface area contributed by atoms with Gasteiger partial charge in [-0.05, 0) is 17.7 Å². The maximum absolute atomic E-state index is 11.0. The van der Waals surface area contributed by atoms with Crippen LogP contribution in [0.1, 0.15) is 19.4 Å². The summed E-state index contributed by atoms with van der Waals surface area (Å²) in [5, 5.41) is 21.2. The summed E-state index contributed by atoms with van der Waals surface area (Å²) in [7, 11) is 0. The predicted octanol–water partition coefficient (Wildman–Crippen LogP) is 0.472. The largest absolute Gasteiger partial charge is 0.491 e. The van der Waals surface area contributed by atoms with E-state index >= 15 is 0 Å². The SMILES string of the molecule is CC(C)NCC(O)COc1ccc(CC(=O)NO)cc1. The number of carbonyl (C=O) groups is 1. The number of carbonyl (C=O) groups excluding carboxylic acids is 1. The molecule has 0 saturated heterocycles. The molecule has 0 aromatic heterocycles. The van der Waals surface area contributed by atoms with Crippen LogP contribution in [0.15, 0.2) is 24.3 Å². The molecule has 0 aliphatic carbocycles. The van der Waals surface area contributed by atoms with Gasteiger partial charge in [-0.2, -0.15) is 0 Å². The first-order valence-corrected chi connectivity index (χ1v) is 6.57. The summed E-state index contributed by atoms with van der Waals surface area (Å²) in [4.78, 5) is 11.0. The Morgan fingerprint density at radius 2 is 1.95 bits per heavy atom. The fraction of sp³-hybridized carbons (Fsp3) is 0.500. The van der Waals surface area contributed by atoms with Gasteiger partial charge in [-0.15, -0.1) is 0 Å². The van der Waals surface area contributed by atoms with Crippen LogP contribution in [-0.4, -0.2) is 41.5 Å². The van der Waals surface area contributed by atoms with Crippen LogP contribution in [0.2, 0.25) is 0 Å². The Morgan fingerprint density at radius 1 is 1.30 bits per heavy atom. The molecule has 0 aliphatic rings. The Balaban J connectivity index is 2.36. The second-order valence-electron chi connectivity index (χ2n) is 4.88. The molecule has 112 valence electrons. The van der Waals surface area contributed by atoms with E-state index in [1.807, 2.05) is 13.8 Å². The zero-order valence-electron chi connectivity index (χ0n) is 11.8. The van der Waals surface area contributed by atoms with Gasteiger partial charge in [0.25, 0.3) is 0 Å². The van der Waals surface area contributed by atoms with Crippen LogP contribution in [0.5, 0.6) is 5.75 Å². The molecular formula is C14H22N2O4. The first kappa shape index (κ1) is 16.4. The predicted molar refractivity (Wildman–Crippen MR) is 74.7 cm³/mol. The molecule has 1 amide bonds. The third-order valence-electron chi connectivity index (χ3n) is 2.62. The van der Waals surface area contributed by atoms with Gasteiger partial charge in [-0.25, -0.2) is 5.48 Å². The van der Waals surface area contributed by atoms with E-state index in [9.17, 15) is 9.90 Å². The highest BCUT2D eigenvalue weighted by Gasteiger charge is 2.06. The fourth-order valence-corrected chi connectivity index (χ4v) is 1.55. The van der Waals surface area contributed by atoms with Crippen molar-refractivity contribution in [2.75, 3.05) is 13.2 Å². The maximum atomic E-state index is 11.0.